The summed E-state index contributed by atoms with van der Waals surface area (Å²) in [6.07, 6.45) is 3.51. The molecule has 0 bridgehead atoms. The lowest BCUT2D eigenvalue weighted by Gasteiger charge is -2.15. The number of ether oxygens (including phenoxy) is 3. The van der Waals surface area contributed by atoms with Gasteiger partial charge in [0.1, 0.15) is 6.10 Å². The minimum absolute atomic E-state index is 0.0338. The number of pyridine rings is 2. The highest BCUT2D eigenvalue weighted by molar-refractivity contribution is 6.33. The summed E-state index contributed by atoms with van der Waals surface area (Å²) in [6.45, 7) is 3.28. The Morgan fingerprint density at radius 2 is 2.22 bits per heavy atom. The van der Waals surface area contributed by atoms with Crippen LogP contribution in [0, 0.1) is 0 Å². The Kier molecular flexibility index (Phi) is 4.22. The highest BCUT2D eigenvalue weighted by Gasteiger charge is 2.43. The van der Waals surface area contributed by atoms with E-state index < -0.39 is 0 Å². The molecule has 5 heterocycles. The van der Waals surface area contributed by atoms with Gasteiger partial charge in [-0.2, -0.15) is 4.98 Å². The minimum Gasteiger partial charge on any atom is -0.456 e. The molecule has 8 heteroatoms. The fourth-order valence-corrected chi connectivity index (χ4v) is 3.86. The lowest BCUT2D eigenvalue weighted by molar-refractivity contribution is 0.0273. The summed E-state index contributed by atoms with van der Waals surface area (Å²) in [5, 5.41) is 0.534. The van der Waals surface area contributed by atoms with Gasteiger partial charge < -0.3 is 19.2 Å². The Morgan fingerprint density at radius 1 is 1.30 bits per heavy atom. The van der Waals surface area contributed by atoms with E-state index in [9.17, 15) is 0 Å². The Bertz CT molecular complexity index is 975. The Hall–Kier alpha value is -2.22. The molecule has 2 saturated heterocycles. The number of hydrogen-bond donors (Lipinski definition) is 1. The standard InChI is InChI=1S/C19H19ClN4O3/c1-2-11-4-3-10(8-21-11)16-12(20)7-13-18(23-16)24-19(22-13)27-15-9-26-14-5-6-25-17(14)15/h3-4,7-8,14-15,17H,2,5-6,9H2,1H3,(H,22,23,24). The van der Waals surface area contributed by atoms with Crippen LogP contribution in [0.25, 0.3) is 22.4 Å². The Labute approximate surface area is 161 Å². The van der Waals surface area contributed by atoms with Crippen molar-refractivity contribution in [3.8, 4) is 17.3 Å². The van der Waals surface area contributed by atoms with Crippen LogP contribution in [0.15, 0.2) is 24.4 Å². The second-order valence-corrected chi connectivity index (χ2v) is 7.18. The first-order valence-electron chi connectivity index (χ1n) is 9.12. The summed E-state index contributed by atoms with van der Waals surface area (Å²) in [4.78, 5) is 16.6. The van der Waals surface area contributed by atoms with Gasteiger partial charge in [0.15, 0.2) is 11.8 Å². The zero-order chi connectivity index (χ0) is 18.4. The number of aromatic nitrogens is 4. The summed E-state index contributed by atoms with van der Waals surface area (Å²) in [5.41, 5.74) is 3.81. The molecule has 0 radical (unpaired) electrons. The van der Waals surface area contributed by atoms with Crippen molar-refractivity contribution in [1.29, 1.82) is 0 Å². The average Bonchev–Trinajstić information content (AvgIpc) is 3.38. The van der Waals surface area contributed by atoms with E-state index in [0.717, 1.165) is 29.6 Å². The molecule has 3 atom stereocenters. The lowest BCUT2D eigenvalue weighted by atomic mass is 10.1. The molecule has 3 unspecified atom stereocenters. The van der Waals surface area contributed by atoms with Crippen molar-refractivity contribution in [2.45, 2.75) is 38.1 Å². The SMILES string of the molecule is CCc1ccc(-c2nc3nc(OC4COC5CCOC54)[nH]c3cc2Cl)cn1. The molecule has 0 aliphatic carbocycles. The van der Waals surface area contributed by atoms with Crippen molar-refractivity contribution in [3.63, 3.8) is 0 Å². The molecule has 3 aromatic heterocycles. The maximum Gasteiger partial charge on any atom is 0.296 e. The molecule has 7 nitrogen and oxygen atoms in total. The van der Waals surface area contributed by atoms with Crippen LogP contribution in [0.2, 0.25) is 5.02 Å². The van der Waals surface area contributed by atoms with E-state index in [1.54, 1.807) is 6.20 Å². The van der Waals surface area contributed by atoms with Crippen molar-refractivity contribution in [3.05, 3.63) is 35.1 Å². The highest BCUT2D eigenvalue weighted by Crippen LogP contribution is 2.31. The maximum absolute atomic E-state index is 6.45. The van der Waals surface area contributed by atoms with Crippen LogP contribution in [0.4, 0.5) is 0 Å². The van der Waals surface area contributed by atoms with Crippen LogP contribution in [0.1, 0.15) is 19.0 Å². The zero-order valence-electron chi connectivity index (χ0n) is 14.8. The molecule has 2 aliphatic rings. The van der Waals surface area contributed by atoms with Crippen LogP contribution >= 0.6 is 11.6 Å². The molecule has 27 heavy (non-hydrogen) atoms. The molecule has 2 fully saturated rings. The van der Waals surface area contributed by atoms with Gasteiger partial charge in [0.05, 0.1) is 28.9 Å². The van der Waals surface area contributed by atoms with E-state index in [4.69, 9.17) is 25.8 Å². The number of aromatic amines is 1. The predicted molar refractivity (Wildman–Crippen MR) is 100 cm³/mol. The van der Waals surface area contributed by atoms with E-state index in [-0.39, 0.29) is 18.3 Å². The summed E-state index contributed by atoms with van der Waals surface area (Å²) in [7, 11) is 0. The first-order chi connectivity index (χ1) is 13.2. The second kappa shape index (κ2) is 6.74. The van der Waals surface area contributed by atoms with Crippen molar-refractivity contribution >= 4 is 22.8 Å². The monoisotopic (exact) mass is 386 g/mol. The van der Waals surface area contributed by atoms with Gasteiger partial charge >= 0.3 is 0 Å². The number of nitrogens with one attached hydrogen (secondary N) is 1. The molecular weight excluding hydrogens is 368 g/mol. The number of imidazole rings is 1. The Balaban J connectivity index is 1.43. The van der Waals surface area contributed by atoms with Gasteiger partial charge in [0.25, 0.3) is 6.01 Å². The summed E-state index contributed by atoms with van der Waals surface area (Å²) in [5.74, 6) is 0. The van der Waals surface area contributed by atoms with Crippen molar-refractivity contribution < 1.29 is 14.2 Å². The Morgan fingerprint density at radius 3 is 3.04 bits per heavy atom. The van der Waals surface area contributed by atoms with Crippen molar-refractivity contribution in [1.82, 2.24) is 19.9 Å². The number of aryl methyl sites for hydroxylation is 1. The van der Waals surface area contributed by atoms with E-state index in [1.807, 2.05) is 18.2 Å². The van der Waals surface area contributed by atoms with Gasteiger partial charge in [-0.25, -0.2) is 4.98 Å². The summed E-state index contributed by atoms with van der Waals surface area (Å²) >= 11 is 6.45. The zero-order valence-corrected chi connectivity index (χ0v) is 15.6. The van der Waals surface area contributed by atoms with E-state index in [0.29, 0.717) is 35.6 Å². The number of hydrogen-bond acceptors (Lipinski definition) is 6. The smallest absolute Gasteiger partial charge is 0.296 e. The topological polar surface area (TPSA) is 82.2 Å². The van der Waals surface area contributed by atoms with Crippen LogP contribution < -0.4 is 4.74 Å². The fourth-order valence-electron chi connectivity index (χ4n) is 3.60. The summed E-state index contributed by atoms with van der Waals surface area (Å²) < 4.78 is 17.4. The average molecular weight is 387 g/mol. The number of rotatable bonds is 4. The number of nitrogens with zero attached hydrogens (tertiary/aromatic N) is 3. The molecule has 0 saturated carbocycles. The molecular formula is C19H19ClN4O3. The molecule has 3 aromatic rings. The fraction of sp³-hybridized carbons (Fsp3) is 0.421. The number of halogens is 1. The largest absolute Gasteiger partial charge is 0.456 e. The third-order valence-corrected chi connectivity index (χ3v) is 5.34. The van der Waals surface area contributed by atoms with Crippen LogP contribution in [-0.2, 0) is 15.9 Å². The van der Waals surface area contributed by atoms with Gasteiger partial charge in [-0.1, -0.05) is 18.5 Å². The first-order valence-corrected chi connectivity index (χ1v) is 9.50. The van der Waals surface area contributed by atoms with Gasteiger partial charge in [-0.15, -0.1) is 0 Å². The van der Waals surface area contributed by atoms with Gasteiger partial charge in [0.2, 0.25) is 0 Å². The van der Waals surface area contributed by atoms with Crippen LogP contribution in [0.5, 0.6) is 6.01 Å². The third-order valence-electron chi connectivity index (χ3n) is 5.05. The number of fused-ring (bicyclic) bond motifs is 2. The maximum atomic E-state index is 6.45. The van der Waals surface area contributed by atoms with Gasteiger partial charge in [-0.05, 0) is 31.0 Å². The molecule has 5 rings (SSSR count). The molecule has 2 aliphatic heterocycles. The molecule has 0 aromatic carbocycles. The van der Waals surface area contributed by atoms with E-state index in [1.165, 1.54) is 0 Å². The predicted octanol–water partition coefficient (Wildman–Crippen LogP) is 3.17. The molecule has 1 N–H and O–H groups in total. The normalized spacial score (nSPS) is 24.4. The van der Waals surface area contributed by atoms with Crippen molar-refractivity contribution in [2.24, 2.45) is 0 Å². The van der Waals surface area contributed by atoms with Gasteiger partial charge in [-0.3, -0.25) is 4.98 Å². The van der Waals surface area contributed by atoms with Gasteiger partial charge in [0, 0.05) is 24.1 Å². The van der Waals surface area contributed by atoms with Crippen molar-refractivity contribution in [2.75, 3.05) is 13.2 Å². The third kappa shape index (κ3) is 3.05. The molecule has 0 amide bonds. The highest BCUT2D eigenvalue weighted by atomic mass is 35.5. The first kappa shape index (κ1) is 16.9. The quantitative estimate of drug-likeness (QED) is 0.741. The van der Waals surface area contributed by atoms with E-state index >= 15 is 0 Å². The molecule has 0 spiro atoms. The summed E-state index contributed by atoms with van der Waals surface area (Å²) in [6, 6.07) is 6.17. The lowest BCUT2D eigenvalue weighted by Crippen LogP contribution is -2.32. The second-order valence-electron chi connectivity index (χ2n) is 6.78. The minimum atomic E-state index is -0.168. The van der Waals surface area contributed by atoms with E-state index in [2.05, 4.69) is 26.9 Å². The number of H-pyrrole nitrogens is 1. The van der Waals surface area contributed by atoms with Crippen LogP contribution in [0.3, 0.4) is 0 Å². The molecule has 140 valence electrons. The van der Waals surface area contributed by atoms with Crippen LogP contribution in [-0.4, -0.2) is 51.5 Å².